The number of phenolic OH excluding ortho intramolecular Hbond substituents is 1. The van der Waals surface area contributed by atoms with Gasteiger partial charge in [-0.3, -0.25) is 0 Å². The number of aliphatic hydroxyl groups excluding tert-OH is 1. The molecule has 17 heavy (non-hydrogen) atoms. The second-order valence-corrected chi connectivity index (χ2v) is 5.51. The zero-order valence-corrected chi connectivity index (χ0v) is 10.9. The summed E-state index contributed by atoms with van der Waals surface area (Å²) < 4.78 is 0. The largest absolute Gasteiger partial charge is 0.508 e. The molecule has 1 aliphatic carbocycles. The average Bonchev–Trinajstić information content (AvgIpc) is 2.31. The molecule has 3 atom stereocenters. The van der Waals surface area contributed by atoms with E-state index in [2.05, 4.69) is 19.9 Å². The molecule has 0 amide bonds. The van der Waals surface area contributed by atoms with Crippen molar-refractivity contribution in [1.29, 1.82) is 0 Å². The van der Waals surface area contributed by atoms with Crippen LogP contribution in [0.2, 0.25) is 0 Å². The third-order valence-electron chi connectivity index (χ3n) is 4.22. The van der Waals surface area contributed by atoms with E-state index in [0.29, 0.717) is 23.5 Å². The van der Waals surface area contributed by atoms with Gasteiger partial charge in [-0.25, -0.2) is 0 Å². The first kappa shape index (κ1) is 12.4. The van der Waals surface area contributed by atoms with Crippen molar-refractivity contribution in [1.82, 2.24) is 0 Å². The van der Waals surface area contributed by atoms with Gasteiger partial charge >= 0.3 is 0 Å². The fraction of sp³-hybridized carbons (Fsp3) is 0.600. The van der Waals surface area contributed by atoms with Gasteiger partial charge in [-0.15, -0.1) is 0 Å². The van der Waals surface area contributed by atoms with E-state index in [9.17, 15) is 10.2 Å². The minimum absolute atomic E-state index is 0.235. The number of hydrogen-bond acceptors (Lipinski definition) is 2. The van der Waals surface area contributed by atoms with Crippen LogP contribution in [-0.4, -0.2) is 16.8 Å². The van der Waals surface area contributed by atoms with Crippen molar-refractivity contribution < 1.29 is 10.2 Å². The summed E-state index contributed by atoms with van der Waals surface area (Å²) in [5.74, 6) is 1.64. The summed E-state index contributed by atoms with van der Waals surface area (Å²) in [6.45, 7) is 6.49. The molecule has 0 radical (unpaired) electrons. The van der Waals surface area contributed by atoms with Crippen LogP contribution in [0.3, 0.4) is 0 Å². The van der Waals surface area contributed by atoms with E-state index in [1.165, 1.54) is 11.1 Å². The molecule has 0 aromatic heterocycles. The van der Waals surface area contributed by atoms with Gasteiger partial charge in [0.25, 0.3) is 0 Å². The zero-order chi connectivity index (χ0) is 12.6. The molecule has 2 rings (SSSR count). The van der Waals surface area contributed by atoms with E-state index >= 15 is 0 Å². The summed E-state index contributed by atoms with van der Waals surface area (Å²) in [5, 5.41) is 19.2. The van der Waals surface area contributed by atoms with Crippen molar-refractivity contribution in [3.8, 4) is 5.75 Å². The van der Waals surface area contributed by atoms with E-state index in [-0.39, 0.29) is 6.61 Å². The molecule has 94 valence electrons. The molecule has 0 unspecified atom stereocenters. The standard InChI is InChI=1S/C15H22O2/c1-9-4-5-12(11(3)8-16)14-6-10(2)15(17)7-13(9)14/h6-7,9,11-12,16-17H,4-5,8H2,1-3H3/t9-,11-,12-/m0/s1. The molecule has 0 bridgehead atoms. The maximum atomic E-state index is 9.83. The van der Waals surface area contributed by atoms with Gasteiger partial charge in [-0.1, -0.05) is 19.9 Å². The number of fused-ring (bicyclic) bond motifs is 1. The van der Waals surface area contributed by atoms with E-state index < -0.39 is 0 Å². The maximum Gasteiger partial charge on any atom is 0.118 e. The van der Waals surface area contributed by atoms with Crippen molar-refractivity contribution in [3.05, 3.63) is 28.8 Å². The number of aryl methyl sites for hydroxylation is 1. The summed E-state index contributed by atoms with van der Waals surface area (Å²) in [6, 6.07) is 4.03. The lowest BCUT2D eigenvalue weighted by molar-refractivity contribution is 0.206. The van der Waals surface area contributed by atoms with Crippen molar-refractivity contribution in [2.45, 2.75) is 45.4 Å². The summed E-state index contributed by atoms with van der Waals surface area (Å²) in [6.07, 6.45) is 2.28. The van der Waals surface area contributed by atoms with Crippen LogP contribution in [-0.2, 0) is 0 Å². The number of benzene rings is 1. The predicted molar refractivity (Wildman–Crippen MR) is 69.5 cm³/mol. The first-order valence-corrected chi connectivity index (χ1v) is 6.48. The Morgan fingerprint density at radius 2 is 2.00 bits per heavy atom. The number of aliphatic hydroxyl groups is 1. The van der Waals surface area contributed by atoms with Crippen molar-refractivity contribution in [3.63, 3.8) is 0 Å². The summed E-state index contributed by atoms with van der Waals surface area (Å²) in [4.78, 5) is 0. The second-order valence-electron chi connectivity index (χ2n) is 5.51. The van der Waals surface area contributed by atoms with E-state index in [4.69, 9.17) is 0 Å². The predicted octanol–water partition coefficient (Wildman–Crippen LogP) is 3.31. The molecule has 2 nitrogen and oxygen atoms in total. The number of aromatic hydroxyl groups is 1. The quantitative estimate of drug-likeness (QED) is 0.824. The van der Waals surface area contributed by atoms with Gasteiger partial charge in [0.05, 0.1) is 0 Å². The molecular weight excluding hydrogens is 212 g/mol. The van der Waals surface area contributed by atoms with Crippen LogP contribution in [0.25, 0.3) is 0 Å². The van der Waals surface area contributed by atoms with Crippen LogP contribution in [0.5, 0.6) is 5.75 Å². The van der Waals surface area contributed by atoms with Gasteiger partial charge in [0, 0.05) is 6.61 Å². The van der Waals surface area contributed by atoms with Gasteiger partial charge < -0.3 is 10.2 Å². The third kappa shape index (κ3) is 2.19. The Kier molecular flexibility index (Phi) is 3.43. The molecule has 0 saturated carbocycles. The van der Waals surface area contributed by atoms with Crippen LogP contribution < -0.4 is 0 Å². The molecule has 1 aromatic carbocycles. The molecule has 2 heteroatoms. The Morgan fingerprint density at radius 1 is 1.29 bits per heavy atom. The Morgan fingerprint density at radius 3 is 2.65 bits per heavy atom. The zero-order valence-electron chi connectivity index (χ0n) is 10.9. The lowest BCUT2D eigenvalue weighted by Gasteiger charge is -2.33. The highest BCUT2D eigenvalue weighted by molar-refractivity contribution is 5.45. The van der Waals surface area contributed by atoms with E-state index in [1.54, 1.807) is 0 Å². The fourth-order valence-electron chi connectivity index (χ4n) is 2.94. The van der Waals surface area contributed by atoms with Gasteiger partial charge in [0.15, 0.2) is 0 Å². The maximum absolute atomic E-state index is 9.83. The Hall–Kier alpha value is -1.02. The second kappa shape index (κ2) is 4.69. The highest BCUT2D eigenvalue weighted by atomic mass is 16.3. The smallest absolute Gasteiger partial charge is 0.118 e. The first-order valence-electron chi connectivity index (χ1n) is 6.48. The molecule has 0 fully saturated rings. The topological polar surface area (TPSA) is 40.5 Å². The van der Waals surface area contributed by atoms with Gasteiger partial charge in [-0.2, -0.15) is 0 Å². The average molecular weight is 234 g/mol. The minimum Gasteiger partial charge on any atom is -0.508 e. The van der Waals surface area contributed by atoms with Crippen molar-refractivity contribution in [2.24, 2.45) is 5.92 Å². The molecule has 0 aliphatic heterocycles. The van der Waals surface area contributed by atoms with Crippen LogP contribution >= 0.6 is 0 Å². The summed E-state index contributed by atoms with van der Waals surface area (Å²) >= 11 is 0. The van der Waals surface area contributed by atoms with E-state index in [1.807, 2.05) is 13.0 Å². The van der Waals surface area contributed by atoms with Gasteiger partial charge in [0.1, 0.15) is 5.75 Å². The van der Waals surface area contributed by atoms with E-state index in [0.717, 1.165) is 18.4 Å². The van der Waals surface area contributed by atoms with Crippen LogP contribution in [0.15, 0.2) is 12.1 Å². The van der Waals surface area contributed by atoms with Crippen LogP contribution in [0.1, 0.15) is 55.2 Å². The lowest BCUT2D eigenvalue weighted by atomic mass is 9.72. The molecule has 0 spiro atoms. The number of hydrogen-bond donors (Lipinski definition) is 2. The lowest BCUT2D eigenvalue weighted by Crippen LogP contribution is -2.20. The SMILES string of the molecule is Cc1cc2c(cc1O)[C@@H](C)CC[C@H]2[C@@H](C)CO. The molecule has 0 heterocycles. The number of rotatable bonds is 2. The van der Waals surface area contributed by atoms with Crippen LogP contribution in [0.4, 0.5) is 0 Å². The third-order valence-corrected chi connectivity index (χ3v) is 4.22. The normalized spacial score (nSPS) is 25.4. The minimum atomic E-state index is 0.235. The Labute approximate surface area is 103 Å². The Bertz CT molecular complexity index is 412. The molecule has 0 saturated heterocycles. The van der Waals surface area contributed by atoms with Crippen LogP contribution in [0, 0.1) is 12.8 Å². The van der Waals surface area contributed by atoms with Gasteiger partial charge in [0.2, 0.25) is 0 Å². The van der Waals surface area contributed by atoms with Crippen molar-refractivity contribution >= 4 is 0 Å². The molecule has 1 aromatic rings. The first-order chi connectivity index (χ1) is 8.04. The Balaban J connectivity index is 2.47. The molecule has 1 aliphatic rings. The summed E-state index contributed by atoms with van der Waals surface area (Å²) in [5.41, 5.74) is 3.54. The fourth-order valence-corrected chi connectivity index (χ4v) is 2.94. The van der Waals surface area contributed by atoms with Gasteiger partial charge in [-0.05, 0) is 60.3 Å². The van der Waals surface area contributed by atoms with Crippen molar-refractivity contribution in [2.75, 3.05) is 6.61 Å². The highest BCUT2D eigenvalue weighted by Gasteiger charge is 2.29. The number of phenols is 1. The summed E-state index contributed by atoms with van der Waals surface area (Å²) in [7, 11) is 0. The molecule has 2 N–H and O–H groups in total. The molecular formula is C15H22O2. The monoisotopic (exact) mass is 234 g/mol. The highest BCUT2D eigenvalue weighted by Crippen LogP contribution is 2.44.